The van der Waals surface area contributed by atoms with Gasteiger partial charge >= 0.3 is 0 Å². The molecule has 0 saturated heterocycles. The lowest BCUT2D eigenvalue weighted by atomic mass is 9.78. The fourth-order valence-electron chi connectivity index (χ4n) is 3.84. The van der Waals surface area contributed by atoms with Crippen LogP contribution in [0.2, 0.25) is 0 Å². The SMILES string of the molecule is O=C(c1ccc(Br)cc1)[C@H](Br)[C@@H](c1ccccc1)C1(Br)C(=O)c2ccccc2C1=O. The Kier molecular flexibility index (Phi) is 5.93. The largest absolute Gasteiger partial charge is 0.293 e. The van der Waals surface area contributed by atoms with Crippen LogP contribution in [0.25, 0.3) is 0 Å². The van der Waals surface area contributed by atoms with Crippen LogP contribution in [-0.4, -0.2) is 26.5 Å². The topological polar surface area (TPSA) is 51.2 Å². The highest BCUT2D eigenvalue weighted by atomic mass is 79.9. The zero-order valence-corrected chi connectivity index (χ0v) is 20.3. The summed E-state index contributed by atoms with van der Waals surface area (Å²) in [6.45, 7) is 0. The lowest BCUT2D eigenvalue weighted by Crippen LogP contribution is -2.46. The summed E-state index contributed by atoms with van der Waals surface area (Å²) in [7, 11) is 0. The lowest BCUT2D eigenvalue weighted by Gasteiger charge is -2.33. The summed E-state index contributed by atoms with van der Waals surface area (Å²) < 4.78 is -0.713. The maximum absolute atomic E-state index is 13.4. The number of alkyl halides is 2. The molecule has 0 aromatic heterocycles. The molecule has 0 saturated carbocycles. The normalized spacial score (nSPS) is 16.8. The number of ketones is 3. The molecule has 0 N–H and O–H groups in total. The van der Waals surface area contributed by atoms with Crippen molar-refractivity contribution in [1.82, 2.24) is 0 Å². The summed E-state index contributed by atoms with van der Waals surface area (Å²) in [6.07, 6.45) is 0. The molecule has 0 fully saturated rings. The van der Waals surface area contributed by atoms with E-state index in [4.69, 9.17) is 0 Å². The first-order chi connectivity index (χ1) is 14.4. The zero-order valence-electron chi connectivity index (χ0n) is 15.5. The maximum Gasteiger partial charge on any atom is 0.188 e. The zero-order chi connectivity index (χ0) is 21.5. The van der Waals surface area contributed by atoms with Gasteiger partial charge in [-0.15, -0.1) is 0 Å². The Morgan fingerprint density at radius 3 is 1.80 bits per heavy atom. The number of benzene rings is 3. The maximum atomic E-state index is 13.4. The van der Waals surface area contributed by atoms with Gasteiger partial charge in [0.1, 0.15) is 0 Å². The van der Waals surface area contributed by atoms with Gasteiger partial charge in [0.2, 0.25) is 0 Å². The smallest absolute Gasteiger partial charge is 0.188 e. The third kappa shape index (κ3) is 3.45. The minimum Gasteiger partial charge on any atom is -0.293 e. The molecule has 6 heteroatoms. The fourth-order valence-corrected chi connectivity index (χ4v) is 6.38. The molecule has 0 bridgehead atoms. The predicted molar refractivity (Wildman–Crippen MR) is 127 cm³/mol. The average Bonchev–Trinajstić information content (AvgIpc) is 2.96. The molecule has 1 aliphatic rings. The van der Waals surface area contributed by atoms with Crippen molar-refractivity contribution in [3.63, 3.8) is 0 Å². The number of Topliss-reactive ketones (excluding diaryl/α,β-unsaturated/α-hetero) is 3. The van der Waals surface area contributed by atoms with Crippen LogP contribution in [0.1, 0.15) is 42.6 Å². The van der Waals surface area contributed by atoms with E-state index in [-0.39, 0.29) is 17.3 Å². The van der Waals surface area contributed by atoms with Gasteiger partial charge in [-0.05, 0) is 17.7 Å². The summed E-state index contributed by atoms with van der Waals surface area (Å²) in [6, 6.07) is 23.0. The van der Waals surface area contributed by atoms with Crippen molar-refractivity contribution in [2.24, 2.45) is 0 Å². The molecule has 0 unspecified atom stereocenters. The molecule has 0 amide bonds. The van der Waals surface area contributed by atoms with Crippen molar-refractivity contribution >= 4 is 65.1 Å². The van der Waals surface area contributed by atoms with Gasteiger partial charge in [0, 0.05) is 27.1 Å². The van der Waals surface area contributed by atoms with Gasteiger partial charge in [-0.2, -0.15) is 0 Å². The fraction of sp³-hybridized carbons (Fsp3) is 0.125. The first-order valence-electron chi connectivity index (χ1n) is 9.22. The monoisotopic (exact) mass is 588 g/mol. The molecule has 0 aliphatic heterocycles. The Labute approximate surface area is 199 Å². The second-order valence-corrected chi connectivity index (χ2v) is 10.2. The number of carbonyl (C=O) groups is 3. The Morgan fingerprint density at radius 2 is 1.27 bits per heavy atom. The number of hydrogen-bond acceptors (Lipinski definition) is 3. The van der Waals surface area contributed by atoms with Crippen LogP contribution >= 0.6 is 47.8 Å². The van der Waals surface area contributed by atoms with E-state index in [1.54, 1.807) is 48.5 Å². The number of fused-ring (bicyclic) bond motifs is 1. The van der Waals surface area contributed by atoms with Gasteiger partial charge < -0.3 is 0 Å². The Bertz CT molecular complexity index is 1100. The molecular formula is C24H15Br3O3. The number of halogens is 3. The molecular weight excluding hydrogens is 576 g/mol. The molecule has 2 atom stereocenters. The molecule has 3 nitrogen and oxygen atoms in total. The van der Waals surface area contributed by atoms with Gasteiger partial charge in [-0.3, -0.25) is 14.4 Å². The lowest BCUT2D eigenvalue weighted by molar-refractivity contribution is 0.0844. The molecule has 0 heterocycles. The van der Waals surface area contributed by atoms with E-state index in [9.17, 15) is 14.4 Å². The van der Waals surface area contributed by atoms with Crippen LogP contribution in [-0.2, 0) is 0 Å². The van der Waals surface area contributed by atoms with Crippen LogP contribution in [0, 0.1) is 0 Å². The third-order valence-electron chi connectivity index (χ3n) is 5.34. The summed E-state index contributed by atoms with van der Waals surface area (Å²) in [5.74, 6) is -1.61. The molecule has 0 radical (unpaired) electrons. The Hall–Kier alpha value is -1.89. The first kappa shape index (κ1) is 21.3. The van der Waals surface area contributed by atoms with Crippen LogP contribution in [0.3, 0.4) is 0 Å². The highest BCUT2D eigenvalue weighted by molar-refractivity contribution is 9.11. The van der Waals surface area contributed by atoms with Crippen LogP contribution in [0.4, 0.5) is 0 Å². The summed E-state index contributed by atoms with van der Waals surface area (Å²) in [4.78, 5) is 39.4. The highest BCUT2D eigenvalue weighted by Crippen LogP contribution is 2.49. The van der Waals surface area contributed by atoms with E-state index in [0.717, 1.165) is 10.0 Å². The van der Waals surface area contributed by atoms with Gasteiger partial charge in [0.25, 0.3) is 0 Å². The third-order valence-corrected chi connectivity index (χ3v) is 8.02. The van der Waals surface area contributed by atoms with Gasteiger partial charge in [0.05, 0.1) is 4.83 Å². The minimum atomic E-state index is -1.57. The quantitative estimate of drug-likeness (QED) is 0.197. The van der Waals surface area contributed by atoms with Crippen molar-refractivity contribution in [2.45, 2.75) is 15.1 Å². The number of carbonyl (C=O) groups excluding carboxylic acids is 3. The van der Waals surface area contributed by atoms with E-state index in [1.807, 2.05) is 30.3 Å². The van der Waals surface area contributed by atoms with Crippen LogP contribution in [0.15, 0.2) is 83.3 Å². The van der Waals surface area contributed by atoms with Crippen LogP contribution < -0.4 is 0 Å². The first-order valence-corrected chi connectivity index (χ1v) is 11.7. The van der Waals surface area contributed by atoms with Crippen molar-refractivity contribution in [3.05, 3.63) is 106 Å². The Morgan fingerprint density at radius 1 is 0.767 bits per heavy atom. The second-order valence-electron chi connectivity index (χ2n) is 7.08. The van der Waals surface area contributed by atoms with Gasteiger partial charge in [0.15, 0.2) is 21.7 Å². The average molecular weight is 591 g/mol. The van der Waals surface area contributed by atoms with Crippen molar-refractivity contribution < 1.29 is 14.4 Å². The van der Waals surface area contributed by atoms with E-state index in [0.29, 0.717) is 16.7 Å². The molecule has 30 heavy (non-hydrogen) atoms. The summed E-state index contributed by atoms with van der Waals surface area (Å²) >= 11 is 10.4. The van der Waals surface area contributed by atoms with Crippen molar-refractivity contribution in [1.29, 1.82) is 0 Å². The Balaban J connectivity index is 1.84. The van der Waals surface area contributed by atoms with Crippen molar-refractivity contribution in [2.75, 3.05) is 0 Å². The molecule has 150 valence electrons. The highest BCUT2D eigenvalue weighted by Gasteiger charge is 2.59. The van der Waals surface area contributed by atoms with Gasteiger partial charge in [-0.25, -0.2) is 0 Å². The van der Waals surface area contributed by atoms with E-state index >= 15 is 0 Å². The number of rotatable bonds is 5. The predicted octanol–water partition coefficient (Wildman–Crippen LogP) is 6.39. The molecule has 3 aromatic rings. The standard InChI is InChI=1S/C24H15Br3O3/c25-16-12-10-15(11-13-16)21(28)20(26)19(14-6-2-1-3-7-14)24(27)22(29)17-8-4-5-9-18(17)23(24)30/h1-13,19-20H/t19-,20-/m1/s1. The summed E-state index contributed by atoms with van der Waals surface area (Å²) in [5, 5.41) is 0. The molecule has 1 aliphatic carbocycles. The van der Waals surface area contributed by atoms with Crippen LogP contribution in [0.5, 0.6) is 0 Å². The molecule has 0 spiro atoms. The van der Waals surface area contributed by atoms with E-state index in [2.05, 4.69) is 47.8 Å². The van der Waals surface area contributed by atoms with E-state index < -0.39 is 15.1 Å². The van der Waals surface area contributed by atoms with Gasteiger partial charge in [-0.1, -0.05) is 115 Å². The van der Waals surface area contributed by atoms with Crippen molar-refractivity contribution in [3.8, 4) is 0 Å². The molecule has 3 aromatic carbocycles. The van der Waals surface area contributed by atoms with E-state index in [1.165, 1.54) is 0 Å². The summed E-state index contributed by atoms with van der Waals surface area (Å²) in [5.41, 5.74) is 1.95. The number of hydrogen-bond donors (Lipinski definition) is 0. The molecule has 4 rings (SSSR count). The second kappa shape index (κ2) is 8.33. The minimum absolute atomic E-state index is 0.202.